The van der Waals surface area contributed by atoms with Gasteiger partial charge >= 0.3 is 5.69 Å². The van der Waals surface area contributed by atoms with Crippen LogP contribution in [0.15, 0.2) is 46.8 Å². The summed E-state index contributed by atoms with van der Waals surface area (Å²) in [5.74, 6) is 2.70. The van der Waals surface area contributed by atoms with Gasteiger partial charge in [0.1, 0.15) is 0 Å². The molecule has 110 valence electrons. The zero-order valence-electron chi connectivity index (χ0n) is 12.8. The molecule has 1 unspecified atom stereocenters. The second-order valence-electron chi connectivity index (χ2n) is 5.72. The van der Waals surface area contributed by atoms with E-state index in [9.17, 15) is 4.79 Å². The second-order valence-corrected chi connectivity index (χ2v) is 5.72. The van der Waals surface area contributed by atoms with Crippen molar-refractivity contribution in [1.29, 1.82) is 0 Å². The molecule has 1 aliphatic rings. The van der Waals surface area contributed by atoms with Gasteiger partial charge in [-0.3, -0.25) is 4.57 Å². The molecule has 0 saturated heterocycles. The van der Waals surface area contributed by atoms with Crippen LogP contribution in [0.4, 0.5) is 0 Å². The molecule has 0 fully saturated rings. The quantitative estimate of drug-likeness (QED) is 0.795. The fraction of sp³-hybridized carbons (Fsp3) is 0.263. The maximum Gasteiger partial charge on any atom is 0.349 e. The zero-order chi connectivity index (χ0) is 15.7. The number of nitrogens with zero attached hydrogens (tertiary/aromatic N) is 2. The van der Waals surface area contributed by atoms with Crippen LogP contribution >= 0.6 is 0 Å². The summed E-state index contributed by atoms with van der Waals surface area (Å²) in [7, 11) is 0. The van der Waals surface area contributed by atoms with E-state index < -0.39 is 0 Å². The van der Waals surface area contributed by atoms with Gasteiger partial charge in [-0.2, -0.15) is 4.98 Å². The molecule has 0 amide bonds. The topological polar surface area (TPSA) is 34.9 Å². The lowest BCUT2D eigenvalue weighted by Gasteiger charge is -2.21. The standard InChI is InChI=1S/C19H18N2O/c1-4-11-21-17-12-13(2)9-10-16(17)18(20-19(21)22)15-8-6-5-7-14(15)3/h1,5-7,9-10,12,15H,8,11H2,2-3H3. The summed E-state index contributed by atoms with van der Waals surface area (Å²) in [6, 6.07) is 6.11. The summed E-state index contributed by atoms with van der Waals surface area (Å²) in [6.45, 7) is 4.34. The van der Waals surface area contributed by atoms with E-state index in [1.54, 1.807) is 4.57 Å². The highest BCUT2D eigenvalue weighted by atomic mass is 16.1. The van der Waals surface area contributed by atoms with Crippen molar-refractivity contribution in [3.05, 3.63) is 63.7 Å². The Morgan fingerprint density at radius 2 is 2.23 bits per heavy atom. The molecule has 0 bridgehead atoms. The first-order valence-corrected chi connectivity index (χ1v) is 7.39. The third-order valence-electron chi connectivity index (χ3n) is 4.16. The molecule has 1 aromatic carbocycles. The van der Waals surface area contributed by atoms with E-state index in [-0.39, 0.29) is 18.2 Å². The van der Waals surface area contributed by atoms with Gasteiger partial charge in [0.05, 0.1) is 17.8 Å². The number of terminal acetylenes is 1. The van der Waals surface area contributed by atoms with Gasteiger partial charge in [-0.05, 0) is 31.9 Å². The first-order valence-electron chi connectivity index (χ1n) is 7.39. The van der Waals surface area contributed by atoms with E-state index in [1.807, 2.05) is 19.1 Å². The van der Waals surface area contributed by atoms with E-state index in [1.165, 1.54) is 5.57 Å². The summed E-state index contributed by atoms with van der Waals surface area (Å²) in [4.78, 5) is 16.8. The zero-order valence-corrected chi connectivity index (χ0v) is 12.8. The normalized spacial score (nSPS) is 17.3. The third-order valence-corrected chi connectivity index (χ3v) is 4.16. The maximum atomic E-state index is 12.4. The Morgan fingerprint density at radius 1 is 1.41 bits per heavy atom. The number of rotatable bonds is 2. The van der Waals surface area contributed by atoms with Crippen LogP contribution < -0.4 is 5.69 Å². The summed E-state index contributed by atoms with van der Waals surface area (Å²) in [5.41, 5.74) is 3.78. The fourth-order valence-corrected chi connectivity index (χ4v) is 2.98. The molecule has 1 aromatic heterocycles. The molecular formula is C19H18N2O. The minimum atomic E-state index is -0.270. The van der Waals surface area contributed by atoms with E-state index in [0.717, 1.165) is 28.6 Å². The number of benzene rings is 1. The van der Waals surface area contributed by atoms with Gasteiger partial charge in [-0.25, -0.2) is 4.79 Å². The van der Waals surface area contributed by atoms with Gasteiger partial charge in [-0.15, -0.1) is 6.42 Å². The second kappa shape index (κ2) is 5.65. The Labute approximate surface area is 130 Å². The summed E-state index contributed by atoms with van der Waals surface area (Å²) in [5, 5.41) is 1.01. The van der Waals surface area contributed by atoms with Crippen LogP contribution in [0.25, 0.3) is 10.9 Å². The van der Waals surface area contributed by atoms with Crippen LogP contribution in [0.2, 0.25) is 0 Å². The molecule has 0 N–H and O–H groups in total. The lowest BCUT2D eigenvalue weighted by atomic mass is 9.87. The minimum absolute atomic E-state index is 0.156. The van der Waals surface area contributed by atoms with Gasteiger partial charge in [0.15, 0.2) is 0 Å². The summed E-state index contributed by atoms with van der Waals surface area (Å²) in [6.07, 6.45) is 12.5. The van der Waals surface area contributed by atoms with Crippen molar-refractivity contribution in [2.75, 3.05) is 0 Å². The molecule has 3 heteroatoms. The van der Waals surface area contributed by atoms with Crippen LogP contribution in [-0.2, 0) is 6.54 Å². The van der Waals surface area contributed by atoms with Crippen molar-refractivity contribution in [3.63, 3.8) is 0 Å². The lowest BCUT2D eigenvalue weighted by Crippen LogP contribution is -2.26. The highest BCUT2D eigenvalue weighted by Gasteiger charge is 2.20. The Kier molecular flexibility index (Phi) is 3.68. The Bertz CT molecular complexity index is 894. The predicted molar refractivity (Wildman–Crippen MR) is 89.8 cm³/mol. The first-order chi connectivity index (χ1) is 10.6. The molecule has 3 rings (SSSR count). The molecule has 0 spiro atoms. The van der Waals surface area contributed by atoms with E-state index in [0.29, 0.717) is 0 Å². The molecule has 0 saturated carbocycles. The Morgan fingerprint density at radius 3 is 2.95 bits per heavy atom. The van der Waals surface area contributed by atoms with Crippen molar-refractivity contribution in [1.82, 2.24) is 9.55 Å². The SMILES string of the molecule is C#CCn1c(=O)nc(C2CC=CC=C2C)c2ccc(C)cc21. The highest BCUT2D eigenvalue weighted by Crippen LogP contribution is 2.33. The van der Waals surface area contributed by atoms with Crippen LogP contribution in [0, 0.1) is 19.3 Å². The average molecular weight is 290 g/mol. The summed E-state index contributed by atoms with van der Waals surface area (Å²) < 4.78 is 1.57. The van der Waals surface area contributed by atoms with Crippen molar-refractivity contribution in [2.45, 2.75) is 32.7 Å². The van der Waals surface area contributed by atoms with Crippen LogP contribution in [0.3, 0.4) is 0 Å². The number of allylic oxidation sites excluding steroid dienone is 4. The lowest BCUT2D eigenvalue weighted by molar-refractivity contribution is 0.728. The molecule has 1 atom stereocenters. The molecule has 0 aliphatic heterocycles. The fourth-order valence-electron chi connectivity index (χ4n) is 2.98. The predicted octanol–water partition coefficient (Wildman–Crippen LogP) is 3.33. The number of fused-ring (bicyclic) bond motifs is 1. The molecule has 1 aliphatic carbocycles. The average Bonchev–Trinajstić information content (AvgIpc) is 2.50. The number of aromatic nitrogens is 2. The molecule has 3 nitrogen and oxygen atoms in total. The van der Waals surface area contributed by atoms with E-state index in [4.69, 9.17) is 6.42 Å². The smallest absolute Gasteiger partial charge is 0.280 e. The Balaban J connectivity index is 2.31. The minimum Gasteiger partial charge on any atom is -0.280 e. The van der Waals surface area contributed by atoms with Gasteiger partial charge in [0, 0.05) is 11.3 Å². The van der Waals surface area contributed by atoms with Crippen molar-refractivity contribution in [2.24, 2.45) is 0 Å². The van der Waals surface area contributed by atoms with Crippen LogP contribution in [-0.4, -0.2) is 9.55 Å². The molecule has 2 aromatic rings. The number of hydrogen-bond donors (Lipinski definition) is 0. The monoisotopic (exact) mass is 290 g/mol. The third kappa shape index (κ3) is 2.37. The van der Waals surface area contributed by atoms with Gasteiger partial charge in [0.25, 0.3) is 0 Å². The van der Waals surface area contributed by atoms with E-state index in [2.05, 4.69) is 42.1 Å². The number of hydrogen-bond acceptors (Lipinski definition) is 2. The largest absolute Gasteiger partial charge is 0.349 e. The van der Waals surface area contributed by atoms with Gasteiger partial charge < -0.3 is 0 Å². The summed E-state index contributed by atoms with van der Waals surface area (Å²) >= 11 is 0. The first kappa shape index (κ1) is 14.3. The van der Waals surface area contributed by atoms with Gasteiger partial charge in [0.2, 0.25) is 0 Å². The molecule has 22 heavy (non-hydrogen) atoms. The Hall–Kier alpha value is -2.60. The highest BCUT2D eigenvalue weighted by molar-refractivity contribution is 5.83. The van der Waals surface area contributed by atoms with Crippen molar-refractivity contribution in [3.8, 4) is 12.3 Å². The van der Waals surface area contributed by atoms with Crippen LogP contribution in [0.1, 0.15) is 30.5 Å². The molecule has 1 heterocycles. The van der Waals surface area contributed by atoms with Crippen molar-refractivity contribution < 1.29 is 0 Å². The van der Waals surface area contributed by atoms with Crippen molar-refractivity contribution >= 4 is 10.9 Å². The number of aryl methyl sites for hydroxylation is 1. The van der Waals surface area contributed by atoms with Gasteiger partial charge in [-0.1, -0.05) is 41.9 Å². The molecule has 0 radical (unpaired) electrons. The maximum absolute atomic E-state index is 12.4. The molecular weight excluding hydrogens is 272 g/mol. The van der Waals surface area contributed by atoms with E-state index >= 15 is 0 Å². The van der Waals surface area contributed by atoms with Crippen LogP contribution in [0.5, 0.6) is 0 Å².